The summed E-state index contributed by atoms with van der Waals surface area (Å²) >= 11 is 0. The van der Waals surface area contributed by atoms with E-state index < -0.39 is 58.6 Å². The van der Waals surface area contributed by atoms with Crippen molar-refractivity contribution in [3.8, 4) is 0 Å². The van der Waals surface area contributed by atoms with Crippen LogP contribution in [0.2, 0.25) is 0 Å². The predicted molar refractivity (Wildman–Crippen MR) is 206 cm³/mol. The molecule has 0 aliphatic carbocycles. The van der Waals surface area contributed by atoms with Crippen molar-refractivity contribution in [2.24, 2.45) is 0 Å². The smallest absolute Gasteiger partial charge is 0.408 e. The number of amides is 4. The van der Waals surface area contributed by atoms with Gasteiger partial charge >= 0.3 is 24.1 Å². The van der Waals surface area contributed by atoms with E-state index in [1.54, 1.807) is 83.1 Å². The summed E-state index contributed by atoms with van der Waals surface area (Å²) in [6.07, 6.45) is 2.34. The van der Waals surface area contributed by atoms with E-state index in [-0.39, 0.29) is 11.8 Å². The topological polar surface area (TPSA) is 187 Å². The van der Waals surface area contributed by atoms with Gasteiger partial charge in [0.1, 0.15) is 34.5 Å². The van der Waals surface area contributed by atoms with Crippen molar-refractivity contribution in [2.75, 3.05) is 24.6 Å². The molecule has 0 aromatic heterocycles. The van der Waals surface area contributed by atoms with Crippen LogP contribution in [0.1, 0.15) is 134 Å². The van der Waals surface area contributed by atoms with Crippen LogP contribution in [0.15, 0.2) is 0 Å². The van der Waals surface area contributed by atoms with Gasteiger partial charge in [-0.15, -0.1) is 0 Å². The van der Waals surface area contributed by atoms with Crippen LogP contribution in [0, 0.1) is 0 Å². The van der Waals surface area contributed by atoms with Crippen LogP contribution in [0.4, 0.5) is 9.59 Å². The Balaban J connectivity index is 4.28. The highest BCUT2D eigenvalue weighted by molar-refractivity contribution is 8.76. The molecule has 0 unspecified atom stereocenters. The Morgan fingerprint density at radius 3 is 1.08 bits per heavy atom. The summed E-state index contributed by atoms with van der Waals surface area (Å²) in [5, 5.41) is 11.0. The number of rotatable bonds is 21. The molecule has 4 amide bonds. The fourth-order valence-corrected chi connectivity index (χ4v) is 6.09. The zero-order valence-corrected chi connectivity index (χ0v) is 35.2. The number of hydrogen-bond donors (Lipinski definition) is 4. The van der Waals surface area contributed by atoms with E-state index in [1.807, 2.05) is 0 Å². The maximum Gasteiger partial charge on any atom is 0.408 e. The van der Waals surface area contributed by atoms with Crippen molar-refractivity contribution in [1.29, 1.82) is 0 Å². The molecule has 0 heterocycles. The SMILES string of the molecule is CC(C)(C)OC(=O)N[C@@H](CCCCNC(=O)CCSSCCC(=O)NCCCC[C@H](NC(=O)OC(C)(C)C)C(=O)OC(C)(C)C)C(=O)OC(C)(C)C. The van der Waals surface area contributed by atoms with Gasteiger partial charge in [-0.3, -0.25) is 9.59 Å². The lowest BCUT2D eigenvalue weighted by molar-refractivity contribution is -0.158. The Kier molecular flexibility index (Phi) is 22.4. The van der Waals surface area contributed by atoms with Gasteiger partial charge in [-0.25, -0.2) is 19.2 Å². The van der Waals surface area contributed by atoms with Crippen LogP contribution in [-0.2, 0) is 38.1 Å². The molecule has 16 heteroatoms. The number of ether oxygens (including phenoxy) is 4. The Labute approximate surface area is 319 Å². The summed E-state index contributed by atoms with van der Waals surface area (Å²) in [4.78, 5) is 74.3. The normalized spacial score (nSPS) is 13.2. The second kappa shape index (κ2) is 23.7. The highest BCUT2D eigenvalue weighted by Crippen LogP contribution is 2.22. The molecular weight excluding hydrogens is 713 g/mol. The van der Waals surface area contributed by atoms with Gasteiger partial charge in [-0.05, 0) is 122 Å². The van der Waals surface area contributed by atoms with Gasteiger partial charge in [0.2, 0.25) is 11.8 Å². The Bertz CT molecular complexity index is 1050. The lowest BCUT2D eigenvalue weighted by Crippen LogP contribution is -2.46. The predicted octanol–water partition coefficient (Wildman–Crippen LogP) is 6.19. The monoisotopic (exact) mass is 778 g/mol. The molecule has 0 fully saturated rings. The average Bonchev–Trinajstić information content (AvgIpc) is 2.93. The second-order valence-electron chi connectivity index (χ2n) is 16.3. The molecule has 302 valence electrons. The third kappa shape index (κ3) is 29.7. The number of nitrogens with one attached hydrogen (secondary N) is 4. The molecule has 4 N–H and O–H groups in total. The average molecular weight is 779 g/mol. The van der Waals surface area contributed by atoms with Crippen LogP contribution in [-0.4, -0.2) is 95.0 Å². The maximum atomic E-state index is 12.6. The quantitative estimate of drug-likeness (QED) is 0.0449. The van der Waals surface area contributed by atoms with Crippen LogP contribution >= 0.6 is 21.6 Å². The van der Waals surface area contributed by atoms with E-state index >= 15 is 0 Å². The van der Waals surface area contributed by atoms with Crippen LogP contribution in [0.25, 0.3) is 0 Å². The lowest BCUT2D eigenvalue weighted by atomic mass is 10.1. The van der Waals surface area contributed by atoms with Crippen molar-refractivity contribution in [2.45, 2.75) is 169 Å². The summed E-state index contributed by atoms with van der Waals surface area (Å²) in [7, 11) is 3.04. The first-order chi connectivity index (χ1) is 23.8. The Morgan fingerprint density at radius 2 is 0.788 bits per heavy atom. The molecule has 0 bridgehead atoms. The lowest BCUT2D eigenvalue weighted by Gasteiger charge is -2.26. The largest absolute Gasteiger partial charge is 0.458 e. The van der Waals surface area contributed by atoms with Gasteiger partial charge in [0.05, 0.1) is 0 Å². The molecule has 2 atom stereocenters. The van der Waals surface area contributed by atoms with E-state index in [2.05, 4.69) is 21.3 Å². The minimum Gasteiger partial charge on any atom is -0.458 e. The van der Waals surface area contributed by atoms with Crippen LogP contribution < -0.4 is 21.3 Å². The second-order valence-corrected chi connectivity index (χ2v) is 19.0. The summed E-state index contributed by atoms with van der Waals surface area (Å²) in [6.45, 7) is 21.9. The van der Waals surface area contributed by atoms with Crippen molar-refractivity contribution in [1.82, 2.24) is 21.3 Å². The summed E-state index contributed by atoms with van der Waals surface area (Å²) in [5.74, 6) is -0.0615. The molecule has 0 radical (unpaired) electrons. The van der Waals surface area contributed by atoms with Gasteiger partial charge in [0.25, 0.3) is 0 Å². The molecule has 0 saturated heterocycles. The highest BCUT2D eigenvalue weighted by atomic mass is 33.1. The molecule has 0 aromatic carbocycles. The van der Waals surface area contributed by atoms with Crippen LogP contribution in [0.3, 0.4) is 0 Å². The van der Waals surface area contributed by atoms with E-state index in [0.717, 1.165) is 0 Å². The molecule has 0 saturated carbocycles. The zero-order valence-electron chi connectivity index (χ0n) is 33.5. The fourth-order valence-electron chi connectivity index (χ4n) is 4.11. The third-order valence-corrected chi connectivity index (χ3v) is 8.56. The van der Waals surface area contributed by atoms with Crippen LogP contribution in [0.5, 0.6) is 0 Å². The van der Waals surface area contributed by atoms with E-state index in [4.69, 9.17) is 18.9 Å². The number of unbranched alkanes of at least 4 members (excludes halogenated alkanes) is 2. The Morgan fingerprint density at radius 1 is 0.481 bits per heavy atom. The zero-order chi connectivity index (χ0) is 40.2. The molecule has 0 rings (SSSR count). The molecule has 0 aromatic rings. The molecule has 0 aliphatic rings. The van der Waals surface area contributed by atoms with Crippen molar-refractivity contribution in [3.63, 3.8) is 0 Å². The first-order valence-corrected chi connectivity index (χ1v) is 20.5. The van der Waals surface area contributed by atoms with Gasteiger partial charge in [0.15, 0.2) is 0 Å². The number of esters is 2. The molecule has 0 aliphatic heterocycles. The van der Waals surface area contributed by atoms with Gasteiger partial charge in [0, 0.05) is 37.4 Å². The number of alkyl carbamates (subject to hydrolysis) is 2. The standard InChI is InChI=1S/C36H66N4O10S2/c1-33(2,3)47-29(43)25(39-31(45)49-35(7,8)9)17-13-15-21-37-27(41)19-23-51-52-24-20-28(42)38-22-16-14-18-26(30(44)48-34(4,5)6)40-32(46)50-36(10,11)12/h25-26H,13-24H2,1-12H3,(H,37,41)(H,38,42)(H,39,45)(H,40,46)/t25-,26-/m0/s1. The van der Waals surface area contributed by atoms with Gasteiger partial charge in [-0.1, -0.05) is 21.6 Å². The summed E-state index contributed by atoms with van der Waals surface area (Å²) in [6, 6.07) is -1.72. The first kappa shape index (κ1) is 49.1. The van der Waals surface area contributed by atoms with Crippen molar-refractivity contribution in [3.05, 3.63) is 0 Å². The number of carbonyl (C=O) groups is 6. The minimum absolute atomic E-state index is 0.0865. The Hall–Kier alpha value is -2.88. The molecule has 52 heavy (non-hydrogen) atoms. The summed E-state index contributed by atoms with van der Waals surface area (Å²) in [5.41, 5.74) is -2.82. The number of carbonyl (C=O) groups excluding carboxylic acids is 6. The summed E-state index contributed by atoms with van der Waals surface area (Å²) < 4.78 is 21.5. The third-order valence-electron chi connectivity index (χ3n) is 6.16. The molecular formula is C36H66N4O10S2. The number of hydrogen-bond acceptors (Lipinski definition) is 12. The van der Waals surface area contributed by atoms with E-state index in [9.17, 15) is 28.8 Å². The maximum absolute atomic E-state index is 12.6. The van der Waals surface area contributed by atoms with Gasteiger partial charge < -0.3 is 40.2 Å². The van der Waals surface area contributed by atoms with E-state index in [1.165, 1.54) is 21.6 Å². The molecule has 14 nitrogen and oxygen atoms in total. The van der Waals surface area contributed by atoms with Crippen molar-refractivity contribution < 1.29 is 47.7 Å². The highest BCUT2D eigenvalue weighted by Gasteiger charge is 2.30. The van der Waals surface area contributed by atoms with Gasteiger partial charge in [-0.2, -0.15) is 0 Å². The minimum atomic E-state index is -0.862. The van der Waals surface area contributed by atoms with E-state index in [0.29, 0.717) is 76.0 Å². The first-order valence-electron chi connectivity index (χ1n) is 18.0. The van der Waals surface area contributed by atoms with Crippen molar-refractivity contribution >= 4 is 57.5 Å². The fraction of sp³-hybridized carbons (Fsp3) is 0.833. The molecule has 0 spiro atoms.